The Kier molecular flexibility index (Phi) is 4.75. The third-order valence-corrected chi connectivity index (χ3v) is 8.14. The van der Waals surface area contributed by atoms with Gasteiger partial charge in [0.25, 0.3) is 0 Å². The second-order valence-corrected chi connectivity index (χ2v) is 11.1. The van der Waals surface area contributed by atoms with Crippen molar-refractivity contribution in [2.75, 3.05) is 0 Å². The van der Waals surface area contributed by atoms with Gasteiger partial charge < -0.3 is 4.42 Å². The molecule has 0 aliphatic heterocycles. The van der Waals surface area contributed by atoms with Crippen LogP contribution in [0, 0.1) is 0 Å². The molecule has 8 rings (SSSR count). The molecule has 3 heterocycles. The summed E-state index contributed by atoms with van der Waals surface area (Å²) in [6.07, 6.45) is 1.87. The highest BCUT2D eigenvalue weighted by molar-refractivity contribution is 9.10. The lowest BCUT2D eigenvalue weighted by atomic mass is 9.92. The number of halogens is 2. The number of nitrogens with one attached hydrogen (secondary N) is 1. The van der Waals surface area contributed by atoms with Gasteiger partial charge in [0.1, 0.15) is 5.52 Å². The van der Waals surface area contributed by atoms with Gasteiger partial charge in [0.2, 0.25) is 5.89 Å². The number of aromatic nitrogens is 4. The van der Waals surface area contributed by atoms with Crippen molar-refractivity contribution in [2.24, 2.45) is 0 Å². The lowest BCUT2D eigenvalue weighted by Crippen LogP contribution is -1.92. The fourth-order valence-electron chi connectivity index (χ4n) is 5.39. The normalized spacial score (nSPS) is 11.9. The SMILES string of the molecule is Brc1ccc(-c2nc3c4ccccc4c4nc5ccc6[nH]ncc6c5c(-c5ccc(Br)cc5)c4c3o2)cc1. The number of rotatable bonds is 2. The first-order valence-corrected chi connectivity index (χ1v) is 13.7. The third kappa shape index (κ3) is 3.19. The highest BCUT2D eigenvalue weighted by Crippen LogP contribution is 2.45. The fraction of sp³-hybridized carbons (Fsp3) is 0. The Hall–Kier alpha value is -4.07. The quantitative estimate of drug-likeness (QED) is 0.155. The molecule has 0 fully saturated rings. The molecule has 0 amide bonds. The summed E-state index contributed by atoms with van der Waals surface area (Å²) in [7, 11) is 0. The van der Waals surface area contributed by atoms with Crippen LogP contribution >= 0.6 is 31.9 Å². The molecule has 5 nitrogen and oxygen atoms in total. The van der Waals surface area contributed by atoms with E-state index in [0.29, 0.717) is 5.89 Å². The topological polar surface area (TPSA) is 67.6 Å². The van der Waals surface area contributed by atoms with E-state index in [0.717, 1.165) is 80.2 Å². The first-order valence-electron chi connectivity index (χ1n) is 12.1. The molecule has 1 N–H and O–H groups in total. The summed E-state index contributed by atoms with van der Waals surface area (Å²) in [5.41, 5.74) is 7.34. The van der Waals surface area contributed by atoms with Gasteiger partial charge >= 0.3 is 0 Å². The predicted octanol–water partition coefficient (Wildman–Crippen LogP) is 9.42. The van der Waals surface area contributed by atoms with Crippen molar-refractivity contribution in [1.82, 2.24) is 20.2 Å². The summed E-state index contributed by atoms with van der Waals surface area (Å²) in [5.74, 6) is 0.577. The van der Waals surface area contributed by atoms with Gasteiger partial charge in [-0.05, 0) is 54.1 Å². The Morgan fingerprint density at radius 3 is 2.05 bits per heavy atom. The van der Waals surface area contributed by atoms with E-state index in [4.69, 9.17) is 14.4 Å². The van der Waals surface area contributed by atoms with Gasteiger partial charge in [0, 0.05) is 41.6 Å². The van der Waals surface area contributed by atoms with Crippen molar-refractivity contribution in [1.29, 1.82) is 0 Å². The molecule has 38 heavy (non-hydrogen) atoms. The summed E-state index contributed by atoms with van der Waals surface area (Å²) in [6, 6.07) is 28.8. The third-order valence-electron chi connectivity index (χ3n) is 7.09. The first kappa shape index (κ1) is 22.0. The zero-order chi connectivity index (χ0) is 25.4. The first-order chi connectivity index (χ1) is 18.7. The lowest BCUT2D eigenvalue weighted by molar-refractivity contribution is 0.623. The number of benzene rings is 5. The molecule has 0 unspecified atom stereocenters. The van der Waals surface area contributed by atoms with Gasteiger partial charge in [-0.25, -0.2) is 9.97 Å². The van der Waals surface area contributed by atoms with Crippen molar-refractivity contribution in [2.45, 2.75) is 0 Å². The monoisotopic (exact) mass is 618 g/mol. The average molecular weight is 620 g/mol. The lowest BCUT2D eigenvalue weighted by Gasteiger charge is -2.14. The van der Waals surface area contributed by atoms with Gasteiger partial charge in [-0.15, -0.1) is 0 Å². The second kappa shape index (κ2) is 8.21. The molecule has 180 valence electrons. The molecule has 3 aromatic heterocycles. The van der Waals surface area contributed by atoms with Crippen LogP contribution in [-0.4, -0.2) is 20.2 Å². The molecular formula is C31H16Br2N4O. The molecule has 5 aromatic carbocycles. The van der Waals surface area contributed by atoms with Crippen molar-refractivity contribution in [3.63, 3.8) is 0 Å². The minimum absolute atomic E-state index is 0.577. The Morgan fingerprint density at radius 2 is 1.32 bits per heavy atom. The number of nitrogens with zero attached hydrogens (tertiary/aromatic N) is 3. The van der Waals surface area contributed by atoms with Crippen molar-refractivity contribution < 1.29 is 4.42 Å². The Bertz CT molecular complexity index is 2200. The number of aromatic amines is 1. The number of oxazole rings is 1. The molecule has 0 spiro atoms. The molecule has 8 aromatic rings. The summed E-state index contributed by atoms with van der Waals surface area (Å²) >= 11 is 7.13. The predicted molar refractivity (Wildman–Crippen MR) is 160 cm³/mol. The van der Waals surface area contributed by atoms with E-state index in [1.54, 1.807) is 0 Å². The molecule has 0 saturated carbocycles. The smallest absolute Gasteiger partial charge is 0.227 e. The number of hydrogen-bond donors (Lipinski definition) is 1. The average Bonchev–Trinajstić information content (AvgIpc) is 3.61. The minimum Gasteiger partial charge on any atom is -0.435 e. The maximum atomic E-state index is 6.64. The summed E-state index contributed by atoms with van der Waals surface area (Å²) in [4.78, 5) is 10.3. The molecular weight excluding hydrogens is 604 g/mol. The van der Waals surface area contributed by atoms with Crippen LogP contribution in [0.2, 0.25) is 0 Å². The second-order valence-electron chi connectivity index (χ2n) is 9.26. The molecule has 0 atom stereocenters. The van der Waals surface area contributed by atoms with E-state index in [1.165, 1.54) is 0 Å². The zero-order valence-electron chi connectivity index (χ0n) is 19.7. The fourth-order valence-corrected chi connectivity index (χ4v) is 5.92. The van der Waals surface area contributed by atoms with E-state index in [9.17, 15) is 0 Å². The maximum absolute atomic E-state index is 6.64. The molecule has 0 aliphatic carbocycles. The van der Waals surface area contributed by atoms with E-state index >= 15 is 0 Å². The van der Waals surface area contributed by atoms with Crippen molar-refractivity contribution >= 4 is 86.4 Å². The molecule has 0 radical (unpaired) electrons. The number of hydrogen-bond acceptors (Lipinski definition) is 4. The Morgan fingerprint density at radius 1 is 0.632 bits per heavy atom. The number of fused-ring (bicyclic) bond motifs is 9. The minimum atomic E-state index is 0.577. The summed E-state index contributed by atoms with van der Waals surface area (Å²) in [6.45, 7) is 0. The number of H-pyrrole nitrogens is 1. The van der Waals surface area contributed by atoms with Gasteiger partial charge in [0.05, 0.1) is 28.1 Å². The van der Waals surface area contributed by atoms with Crippen LogP contribution in [0.15, 0.2) is 104 Å². The van der Waals surface area contributed by atoms with Crippen molar-refractivity contribution in [3.05, 3.63) is 100 Å². The van der Waals surface area contributed by atoms with Gasteiger partial charge in [-0.2, -0.15) is 5.10 Å². The summed E-state index contributed by atoms with van der Waals surface area (Å²) in [5, 5.41) is 12.5. The Labute approximate surface area is 232 Å². The van der Waals surface area contributed by atoms with E-state index in [2.05, 4.69) is 84.5 Å². The highest BCUT2D eigenvalue weighted by Gasteiger charge is 2.23. The van der Waals surface area contributed by atoms with Gasteiger partial charge in [-0.1, -0.05) is 68.3 Å². The largest absolute Gasteiger partial charge is 0.435 e. The molecule has 0 bridgehead atoms. The Balaban J connectivity index is 1.64. The van der Waals surface area contributed by atoms with Crippen LogP contribution in [0.1, 0.15) is 0 Å². The molecule has 7 heteroatoms. The van der Waals surface area contributed by atoms with Crippen LogP contribution in [0.3, 0.4) is 0 Å². The zero-order valence-corrected chi connectivity index (χ0v) is 22.8. The van der Waals surface area contributed by atoms with E-state index in [1.807, 2.05) is 48.7 Å². The maximum Gasteiger partial charge on any atom is 0.227 e. The standard InChI is InChI=1S/C31H16Br2N4O/c32-18-9-5-16(6-10-18)25-26-22-15-34-37-23(22)13-14-24(26)35-28-20-3-1-2-4-21(20)29-30(27(25)28)38-31(36-29)17-7-11-19(33)12-8-17/h1-15H,(H,34,37). The highest BCUT2D eigenvalue weighted by atomic mass is 79.9. The van der Waals surface area contributed by atoms with Crippen LogP contribution in [-0.2, 0) is 0 Å². The van der Waals surface area contributed by atoms with Crippen LogP contribution in [0.25, 0.3) is 77.2 Å². The van der Waals surface area contributed by atoms with E-state index < -0.39 is 0 Å². The van der Waals surface area contributed by atoms with E-state index in [-0.39, 0.29) is 0 Å². The van der Waals surface area contributed by atoms with Gasteiger partial charge in [-0.3, -0.25) is 5.10 Å². The van der Waals surface area contributed by atoms with Crippen LogP contribution in [0.5, 0.6) is 0 Å². The van der Waals surface area contributed by atoms with Crippen molar-refractivity contribution in [3.8, 4) is 22.6 Å². The summed E-state index contributed by atoms with van der Waals surface area (Å²) < 4.78 is 8.67. The molecule has 0 aliphatic rings. The number of pyridine rings is 1. The van der Waals surface area contributed by atoms with Crippen LogP contribution < -0.4 is 0 Å². The van der Waals surface area contributed by atoms with Crippen LogP contribution in [0.4, 0.5) is 0 Å². The van der Waals surface area contributed by atoms with Gasteiger partial charge in [0.15, 0.2) is 5.58 Å². The molecule has 0 saturated heterocycles.